The van der Waals surface area contributed by atoms with Gasteiger partial charge in [0.15, 0.2) is 17.5 Å². The first-order valence-electron chi connectivity index (χ1n) is 30.2. The molecule has 5 aromatic rings. The third kappa shape index (κ3) is 93.1. The van der Waals surface area contributed by atoms with Crippen molar-refractivity contribution in [2.45, 2.75) is 38.9 Å². The molecular formula is C33H30BN3O2S103. The van der Waals surface area contributed by atoms with Crippen LogP contribution in [-0.2, 0) is 929 Å². The number of nitrogens with zero attached hydrogens (tertiary/aromatic N) is 3. The van der Waals surface area contributed by atoms with Gasteiger partial charge in [0, 0.05) is 936 Å². The zero-order valence-electron chi connectivity index (χ0n) is 64.7. The third-order valence-electron chi connectivity index (χ3n) is 10.4. The highest BCUT2D eigenvalue weighted by atomic mass is 33.6. The van der Waals surface area contributed by atoms with Gasteiger partial charge in [-0.1, -0.05) is 109 Å². The molecule has 1 fully saturated rings. The molecule has 142 heavy (non-hydrogen) atoms. The average Bonchev–Trinajstić information content (AvgIpc) is 1.63. The summed E-state index contributed by atoms with van der Waals surface area (Å²) in [4.78, 5) is 14.6. The van der Waals surface area contributed by atoms with Gasteiger partial charge >= 0.3 is 7.12 Å². The van der Waals surface area contributed by atoms with Crippen LogP contribution >= 0.6 is 0 Å². The summed E-state index contributed by atoms with van der Waals surface area (Å²) < 4.78 is 12.5. The van der Waals surface area contributed by atoms with Crippen molar-refractivity contribution in [2.75, 3.05) is 0 Å². The molecule has 1 aromatic heterocycles. The Morgan fingerprint density at radius 3 is 0.415 bits per heavy atom. The van der Waals surface area contributed by atoms with E-state index in [1.807, 2.05) is 845 Å². The van der Waals surface area contributed by atoms with Crippen molar-refractivity contribution in [3.8, 4) is 45.3 Å². The van der Waals surface area contributed by atoms with Crippen LogP contribution in [-0.4, -0.2) is 33.3 Å². The standard InChI is InChI=1S/C33H30BN3O2.S103/c1-32(2)33(3,4)39-34(38-32)28-21-19-27(20-22-28)31-36-29(25-13-9-6-10-14-25)35-30(37-31)26-17-15-24(16-18-26)23-11-7-5-8-12-23;1-3-5-7-9-11-13-15-17-19-21-23-25-27-29-31-33-35-37-39-41-43-45-47-49-51-53-55-57-59-61-63-65-67-69-71-73-75-77-79-81-83-85-87-89-91-93-95-97-99-101-103-102-100-98-96-94-92-90-88-86-84-82-80-78-76-74-72-70-68-66-64-62-60-58-56-54-52-50-48-46-44-42-40-38-36-34-32-30-28-26-24-22-20-18-16-14-12-10-8-6-4-2/h5-22H,1-4H3;. The largest absolute Gasteiger partial charge is 0.494 e. The van der Waals surface area contributed by atoms with E-state index in [-0.39, 0.29) is 11.2 Å². The van der Waals surface area contributed by atoms with Crippen LogP contribution in [0.3, 0.4) is 0 Å². The molecule has 1 aliphatic heterocycles. The van der Waals surface area contributed by atoms with E-state index in [1.54, 1.807) is 107 Å². The Labute approximate surface area is 1120 Å². The van der Waals surface area contributed by atoms with E-state index in [9.17, 15) is 0 Å². The molecule has 4 aromatic carbocycles. The van der Waals surface area contributed by atoms with Crippen molar-refractivity contribution >= 4 is 932 Å². The number of hydrogen-bond acceptors (Lipinski definition) is 7. The molecule has 810 valence electrons. The molecule has 2 heterocycles. The van der Waals surface area contributed by atoms with Gasteiger partial charge < -0.3 is 9.31 Å². The molecule has 5 nitrogen and oxygen atoms in total. The summed E-state index contributed by atoms with van der Waals surface area (Å²) in [6.07, 6.45) is 0. The van der Waals surface area contributed by atoms with Gasteiger partial charge in [-0.3, -0.25) is 0 Å². The fourth-order valence-electron chi connectivity index (χ4n) is 5.68. The fourth-order valence-corrected chi connectivity index (χ4v) is 277. The van der Waals surface area contributed by atoms with Gasteiger partial charge in [-0.15, -0.1) is 0 Å². The second-order valence-corrected chi connectivity index (χ2v) is 196. The van der Waals surface area contributed by atoms with Crippen LogP contribution in [0.25, 0.3) is 45.3 Å². The Bertz CT molecular complexity index is 10400. The minimum atomic E-state index is -0.416. The molecule has 0 N–H and O–H groups in total. The highest BCUT2D eigenvalue weighted by Gasteiger charge is 2.51. The maximum Gasteiger partial charge on any atom is 0.494 e. The molecular weight excluding hydrogens is 3780 g/mol. The molecule has 0 amide bonds. The number of hydrogen-bond donors (Lipinski definition) is 0. The summed E-state index contributed by atoms with van der Waals surface area (Å²) >= 11 is 9.66. The minimum absolute atomic E-state index is 0.389. The summed E-state index contributed by atoms with van der Waals surface area (Å²) in [7, 11) is 182. The predicted octanol–water partition coefficient (Wildman–Crippen LogP) is 6.59. The van der Waals surface area contributed by atoms with Crippen molar-refractivity contribution in [1.29, 1.82) is 0 Å². The van der Waals surface area contributed by atoms with Crippen LogP contribution < -0.4 is 5.46 Å². The van der Waals surface area contributed by atoms with E-state index in [0.29, 0.717) is 17.5 Å². The molecule has 0 saturated carbocycles. The first-order chi connectivity index (χ1) is 70.2. The maximum absolute atomic E-state index is 6.23. The van der Waals surface area contributed by atoms with Crippen LogP contribution in [0.2, 0.25) is 0 Å². The van der Waals surface area contributed by atoms with Crippen LogP contribution in [0.5, 0.6) is 0 Å². The maximum atomic E-state index is 6.23. The second kappa shape index (κ2) is 118. The first-order valence-corrected chi connectivity index (χ1v) is 166. The number of aromatic nitrogens is 3. The molecule has 6 rings (SSSR count). The molecule has 0 aliphatic carbocycles. The van der Waals surface area contributed by atoms with Crippen LogP contribution in [0.4, 0.5) is 0 Å². The number of rotatable bonds is 5. The van der Waals surface area contributed by atoms with Gasteiger partial charge in [-0.05, 0) is 44.3 Å². The topological polar surface area (TPSA) is 57.1 Å². The number of benzene rings is 4. The van der Waals surface area contributed by atoms with Gasteiger partial charge in [0.1, 0.15) is 0 Å². The molecule has 109 heteroatoms. The van der Waals surface area contributed by atoms with E-state index < -0.39 is 7.12 Å². The van der Waals surface area contributed by atoms with Gasteiger partial charge in [0.2, 0.25) is 0 Å². The van der Waals surface area contributed by atoms with Crippen molar-refractivity contribution in [1.82, 2.24) is 15.0 Å². The smallest absolute Gasteiger partial charge is 0.399 e. The van der Waals surface area contributed by atoms with E-state index in [4.69, 9.17) is 46.6 Å². The molecule has 0 atom stereocenters. The van der Waals surface area contributed by atoms with Gasteiger partial charge in [0.25, 0.3) is 0 Å². The molecule has 0 bridgehead atoms. The van der Waals surface area contributed by atoms with Crippen molar-refractivity contribution < 1.29 is 9.31 Å². The summed E-state index contributed by atoms with van der Waals surface area (Å²) in [5.74, 6) is 1.89. The Morgan fingerprint density at radius 2 is 0.268 bits per heavy atom. The quantitative estimate of drug-likeness (QED) is 0.184. The van der Waals surface area contributed by atoms with E-state index in [1.165, 1.54) is 23.3 Å². The van der Waals surface area contributed by atoms with Crippen molar-refractivity contribution in [2.24, 2.45) is 0 Å². The zero-order valence-corrected chi connectivity index (χ0v) is 149. The Morgan fingerprint density at radius 1 is 0.155 bits per heavy atom. The van der Waals surface area contributed by atoms with Crippen molar-refractivity contribution in [3.63, 3.8) is 0 Å². The molecule has 1 aliphatic rings. The zero-order chi connectivity index (χ0) is 100. The van der Waals surface area contributed by atoms with Crippen molar-refractivity contribution in [3.05, 3.63) is 109 Å². The first kappa shape index (κ1) is 151. The summed E-state index contributed by atoms with van der Waals surface area (Å²) in [6, 6.07) is 36.8. The average molecular weight is 3810 g/mol. The SMILES string of the molecule is CC1(C)OB(c2ccc(-c3nc(-c4ccccc4)nc(-c4ccc(-c5ccccc5)cc4)n3)cc2)OC1(C)C.S=S=S=S=S=S=S=S=S=S=S=S=S=S=S=S=S=S=S=S=S=S=S=S=S=S=S=S=S=S=S=S=S=S=S=S=S=S=S=S=S=S=S=S=S=S=S=S=S=S=S=S=S=S=S=S=S=S=S=S=S=S=S=S=S=S=S=S=S=S=S=S=S=S=S=S=S=S=S=S=S=S=S=S=S=S=S=S=S=S=S=S=S=S=S=S=S=S=S=S=S=S=S. The van der Waals surface area contributed by atoms with Crippen LogP contribution in [0.15, 0.2) is 109 Å². The lowest BCUT2D eigenvalue weighted by molar-refractivity contribution is 0.00578. The van der Waals surface area contributed by atoms with Gasteiger partial charge in [0.05, 0.1) is 11.2 Å². The van der Waals surface area contributed by atoms with Gasteiger partial charge in [-0.2, -0.15) is 0 Å². The Balaban J connectivity index is 0.000000740. The highest BCUT2D eigenvalue weighted by Crippen LogP contribution is 2.37. The summed E-state index contributed by atoms with van der Waals surface area (Å²) in [5, 5.41) is 0. The Kier molecular flexibility index (Phi) is 125. The molecule has 0 unspecified atom stereocenters. The Hall–Kier alpha value is 18.5. The minimum Gasteiger partial charge on any atom is -0.399 e. The van der Waals surface area contributed by atoms with Crippen LogP contribution in [0.1, 0.15) is 27.7 Å². The van der Waals surface area contributed by atoms with Crippen LogP contribution in [0, 0.1) is 0 Å². The van der Waals surface area contributed by atoms with E-state index in [2.05, 4.69) is 64.1 Å². The lowest BCUT2D eigenvalue weighted by Crippen LogP contribution is -2.41. The van der Waals surface area contributed by atoms with E-state index in [0.717, 1.165) is 27.7 Å². The normalized spacial score (nSPS) is 10.1. The highest BCUT2D eigenvalue weighted by molar-refractivity contribution is 8.88. The summed E-state index contributed by atoms with van der Waals surface area (Å²) in [6.45, 7) is 8.24. The second-order valence-electron chi connectivity index (χ2n) is 17.7. The predicted molar refractivity (Wildman–Crippen MR) is 916 cm³/mol. The summed E-state index contributed by atoms with van der Waals surface area (Å²) in [5.41, 5.74) is 5.29. The molecule has 0 spiro atoms. The lowest BCUT2D eigenvalue weighted by atomic mass is 9.79. The molecule has 1 saturated heterocycles. The lowest BCUT2D eigenvalue weighted by Gasteiger charge is -2.32. The van der Waals surface area contributed by atoms with E-state index >= 15 is 0 Å². The third-order valence-corrected chi connectivity index (χ3v) is 233. The van der Waals surface area contributed by atoms with Gasteiger partial charge in [-0.25, -0.2) is 15.0 Å². The molecule has 0 radical (unpaired) electrons. The monoisotopic (exact) mass is 3800 g/mol. The fraction of sp³-hybridized carbons (Fsp3) is 0.182.